The van der Waals surface area contributed by atoms with Gasteiger partial charge in [-0.3, -0.25) is 4.68 Å². The van der Waals surface area contributed by atoms with Gasteiger partial charge in [-0.25, -0.2) is 0 Å². The summed E-state index contributed by atoms with van der Waals surface area (Å²) in [4.78, 5) is 2.43. The molecule has 2 aromatic rings. The summed E-state index contributed by atoms with van der Waals surface area (Å²) in [5.41, 5.74) is 4.83. The van der Waals surface area contributed by atoms with Crippen molar-refractivity contribution in [1.82, 2.24) is 9.78 Å². The van der Waals surface area contributed by atoms with Gasteiger partial charge in [0.15, 0.2) is 0 Å². The molecule has 0 bridgehead atoms. The van der Waals surface area contributed by atoms with Gasteiger partial charge in [-0.2, -0.15) is 5.10 Å². The van der Waals surface area contributed by atoms with E-state index in [9.17, 15) is 5.11 Å². The maximum Gasteiger partial charge on any atom is 0.0568 e. The molecule has 0 radical (unpaired) electrons. The van der Waals surface area contributed by atoms with Gasteiger partial charge in [0.2, 0.25) is 0 Å². The van der Waals surface area contributed by atoms with Crippen molar-refractivity contribution in [2.24, 2.45) is 7.05 Å². The molecule has 112 valence electrons. The molecule has 4 nitrogen and oxygen atoms in total. The van der Waals surface area contributed by atoms with Crippen LogP contribution in [0.5, 0.6) is 0 Å². The summed E-state index contributed by atoms with van der Waals surface area (Å²) in [5, 5.41) is 13.9. The summed E-state index contributed by atoms with van der Waals surface area (Å²) in [6, 6.07) is 7.05. The predicted molar refractivity (Wildman–Crippen MR) is 85.6 cm³/mol. The maximum atomic E-state index is 9.69. The number of hydrogen-bond donors (Lipinski definition) is 1. The molecule has 0 unspecified atom stereocenters. The van der Waals surface area contributed by atoms with Crippen LogP contribution in [0.3, 0.4) is 0 Å². The summed E-state index contributed by atoms with van der Waals surface area (Å²) in [6.07, 6.45) is 4.93. The van der Waals surface area contributed by atoms with Gasteiger partial charge in [0, 0.05) is 43.0 Å². The summed E-state index contributed by atoms with van der Waals surface area (Å²) >= 11 is 0. The first-order chi connectivity index (χ1) is 10.1. The Morgan fingerprint density at radius 1 is 1.33 bits per heavy atom. The van der Waals surface area contributed by atoms with E-state index >= 15 is 0 Å². The van der Waals surface area contributed by atoms with Gasteiger partial charge in [0.05, 0.1) is 12.8 Å². The number of fused-ring (bicyclic) bond motifs is 1. The van der Waals surface area contributed by atoms with E-state index in [0.717, 1.165) is 18.5 Å². The van der Waals surface area contributed by atoms with Crippen molar-refractivity contribution in [3.8, 4) is 11.1 Å². The van der Waals surface area contributed by atoms with Crippen molar-refractivity contribution < 1.29 is 5.11 Å². The van der Waals surface area contributed by atoms with E-state index in [1.54, 1.807) is 0 Å². The Hall–Kier alpha value is -1.81. The second-order valence-corrected chi connectivity index (χ2v) is 6.13. The van der Waals surface area contributed by atoms with Gasteiger partial charge in [0.25, 0.3) is 0 Å². The molecule has 0 fully saturated rings. The highest BCUT2D eigenvalue weighted by molar-refractivity contribution is 5.69. The molecule has 1 aliphatic heterocycles. The normalized spacial score (nSPS) is 18.1. The van der Waals surface area contributed by atoms with Crippen LogP contribution in [0, 0.1) is 0 Å². The van der Waals surface area contributed by atoms with Gasteiger partial charge < -0.3 is 10.0 Å². The third kappa shape index (κ3) is 2.56. The average Bonchev–Trinajstić information content (AvgIpc) is 2.91. The van der Waals surface area contributed by atoms with Crippen LogP contribution in [-0.4, -0.2) is 34.1 Å². The van der Waals surface area contributed by atoms with Gasteiger partial charge in [-0.05, 0) is 43.5 Å². The van der Waals surface area contributed by atoms with Gasteiger partial charge in [-0.15, -0.1) is 0 Å². The van der Waals surface area contributed by atoms with E-state index in [2.05, 4.69) is 42.0 Å². The minimum absolute atomic E-state index is 0.218. The lowest BCUT2D eigenvalue weighted by Gasteiger charge is -2.38. The molecule has 1 N–H and O–H groups in total. The van der Waals surface area contributed by atoms with E-state index in [4.69, 9.17) is 0 Å². The first kappa shape index (κ1) is 14.1. The first-order valence-electron chi connectivity index (χ1n) is 7.60. The maximum absolute atomic E-state index is 9.69. The molecule has 21 heavy (non-hydrogen) atoms. The Bertz CT molecular complexity index is 633. The monoisotopic (exact) mass is 285 g/mol. The molecule has 0 saturated carbocycles. The third-order valence-electron chi connectivity index (χ3n) is 4.38. The minimum Gasteiger partial charge on any atom is -0.396 e. The van der Waals surface area contributed by atoms with E-state index in [1.807, 2.05) is 24.1 Å². The molecule has 1 aliphatic rings. The molecule has 0 amide bonds. The topological polar surface area (TPSA) is 41.3 Å². The van der Waals surface area contributed by atoms with Crippen molar-refractivity contribution in [2.75, 3.05) is 18.1 Å². The predicted octanol–water partition coefficient (Wildman–Crippen LogP) is 2.78. The fourth-order valence-corrected chi connectivity index (χ4v) is 3.19. The Kier molecular flexibility index (Phi) is 3.72. The number of aliphatic hydroxyl groups is 1. The van der Waals surface area contributed by atoms with Crippen LogP contribution in [-0.2, 0) is 7.05 Å². The average molecular weight is 285 g/mol. The van der Waals surface area contributed by atoms with Crippen LogP contribution in [0.25, 0.3) is 11.1 Å². The molecule has 1 aromatic carbocycles. The SMILES string of the molecule is CC(C)N1CC[C@@H](CO)c2cc(-c3cnn(C)c3)ccc21. The fraction of sp³-hybridized carbons (Fsp3) is 0.471. The van der Waals surface area contributed by atoms with Crippen LogP contribution in [0.2, 0.25) is 0 Å². The molecule has 2 heterocycles. The minimum atomic E-state index is 0.218. The number of aliphatic hydroxyl groups excluding tert-OH is 1. The Labute approximate surface area is 126 Å². The zero-order chi connectivity index (χ0) is 15.0. The van der Waals surface area contributed by atoms with Gasteiger partial charge >= 0.3 is 0 Å². The van der Waals surface area contributed by atoms with Crippen molar-refractivity contribution in [1.29, 1.82) is 0 Å². The highest BCUT2D eigenvalue weighted by atomic mass is 16.3. The van der Waals surface area contributed by atoms with Crippen LogP contribution < -0.4 is 4.90 Å². The smallest absolute Gasteiger partial charge is 0.0568 e. The van der Waals surface area contributed by atoms with Crippen LogP contribution in [0.1, 0.15) is 31.7 Å². The Morgan fingerprint density at radius 2 is 2.14 bits per heavy atom. The van der Waals surface area contributed by atoms with Crippen LogP contribution in [0.4, 0.5) is 5.69 Å². The summed E-state index contributed by atoms with van der Waals surface area (Å²) in [6.45, 7) is 5.67. The highest BCUT2D eigenvalue weighted by Crippen LogP contribution is 2.38. The molecule has 3 rings (SSSR count). The molecule has 4 heteroatoms. The first-order valence-corrected chi connectivity index (χ1v) is 7.60. The van der Waals surface area contributed by atoms with Gasteiger partial charge in [0.1, 0.15) is 0 Å². The molecule has 0 spiro atoms. The molecular weight excluding hydrogens is 262 g/mol. The van der Waals surface area contributed by atoms with Crippen molar-refractivity contribution in [3.05, 3.63) is 36.2 Å². The Morgan fingerprint density at radius 3 is 2.76 bits per heavy atom. The lowest BCUT2D eigenvalue weighted by atomic mass is 9.88. The number of anilines is 1. The zero-order valence-electron chi connectivity index (χ0n) is 13.0. The number of rotatable bonds is 3. The number of benzene rings is 1. The van der Waals surface area contributed by atoms with Crippen molar-refractivity contribution in [2.45, 2.75) is 32.2 Å². The molecule has 0 saturated heterocycles. The van der Waals surface area contributed by atoms with Crippen molar-refractivity contribution >= 4 is 5.69 Å². The molecule has 1 aromatic heterocycles. The molecular formula is C17H23N3O. The molecule has 1 atom stereocenters. The zero-order valence-corrected chi connectivity index (χ0v) is 13.0. The number of hydrogen-bond acceptors (Lipinski definition) is 3. The summed E-state index contributed by atoms with van der Waals surface area (Å²) in [7, 11) is 1.93. The largest absolute Gasteiger partial charge is 0.396 e. The lowest BCUT2D eigenvalue weighted by Crippen LogP contribution is -2.37. The fourth-order valence-electron chi connectivity index (χ4n) is 3.19. The van der Waals surface area contributed by atoms with Crippen molar-refractivity contribution in [3.63, 3.8) is 0 Å². The van der Waals surface area contributed by atoms with E-state index in [0.29, 0.717) is 6.04 Å². The van der Waals surface area contributed by atoms with Crippen LogP contribution in [0.15, 0.2) is 30.6 Å². The standard InChI is InChI=1S/C17H23N3O/c1-12(2)20-7-6-14(11-21)16-8-13(4-5-17(16)20)15-9-18-19(3)10-15/h4-5,8-10,12,14,21H,6-7,11H2,1-3H3/t14-/m0/s1. The summed E-state index contributed by atoms with van der Waals surface area (Å²) in [5.74, 6) is 0.242. The number of aromatic nitrogens is 2. The summed E-state index contributed by atoms with van der Waals surface area (Å²) < 4.78 is 1.82. The van der Waals surface area contributed by atoms with E-state index < -0.39 is 0 Å². The lowest BCUT2D eigenvalue weighted by molar-refractivity contribution is 0.256. The van der Waals surface area contributed by atoms with Gasteiger partial charge in [-0.1, -0.05) is 6.07 Å². The van der Waals surface area contributed by atoms with Crippen LogP contribution >= 0.6 is 0 Å². The number of nitrogens with zero attached hydrogens (tertiary/aromatic N) is 3. The quantitative estimate of drug-likeness (QED) is 0.943. The second kappa shape index (κ2) is 5.53. The van der Waals surface area contributed by atoms with E-state index in [1.165, 1.54) is 16.8 Å². The third-order valence-corrected chi connectivity index (χ3v) is 4.38. The highest BCUT2D eigenvalue weighted by Gasteiger charge is 2.26. The number of aryl methyl sites for hydroxylation is 1. The van der Waals surface area contributed by atoms with E-state index in [-0.39, 0.29) is 12.5 Å². The molecule has 0 aliphatic carbocycles. The Balaban J connectivity index is 2.05. The second-order valence-electron chi connectivity index (χ2n) is 6.13.